The van der Waals surface area contributed by atoms with E-state index in [1.807, 2.05) is 0 Å². The maximum Gasteiger partial charge on any atom is 0.102 e. The molecule has 2 nitrogen and oxygen atoms in total. The molecule has 0 aliphatic rings. The zero-order valence-corrected chi connectivity index (χ0v) is 22.1. The predicted octanol–water partition coefficient (Wildman–Crippen LogP) is 4.62. The molecule has 0 aliphatic heterocycles. The van der Waals surface area contributed by atoms with Crippen LogP contribution in [0.4, 0.5) is 0 Å². The summed E-state index contributed by atoms with van der Waals surface area (Å²) in [5.74, 6) is 3.67. The fraction of sp³-hybridized carbons (Fsp3) is 0.0769. The summed E-state index contributed by atoms with van der Waals surface area (Å²) < 4.78 is 7.25. The van der Waals surface area contributed by atoms with E-state index in [-0.39, 0.29) is 20.4 Å². The number of hydrogen-bond acceptors (Lipinski definition) is 1. The van der Waals surface area contributed by atoms with E-state index < -0.39 is 7.92 Å². The summed E-state index contributed by atoms with van der Waals surface area (Å²) >= 11 is 0. The van der Waals surface area contributed by atoms with E-state index in [1.54, 1.807) is 6.07 Å². The zero-order chi connectivity index (χ0) is 22.0. The first-order chi connectivity index (χ1) is 14.7. The van der Waals surface area contributed by atoms with E-state index in [2.05, 4.69) is 134 Å². The number of benzene rings is 3. The van der Waals surface area contributed by atoms with Gasteiger partial charge in [0.1, 0.15) is 15.9 Å². The molecule has 4 aromatic carbocycles. The van der Waals surface area contributed by atoms with Crippen LogP contribution in [0.3, 0.4) is 0 Å². The van der Waals surface area contributed by atoms with E-state index in [0.29, 0.717) is 10.5 Å². The molecular formula is C26H25NOPReS-3. The summed E-state index contributed by atoms with van der Waals surface area (Å²) in [5.41, 5.74) is 5.75. The molecule has 161 valence electrons. The molecule has 0 bridgehead atoms. The van der Waals surface area contributed by atoms with E-state index in [0.717, 1.165) is 0 Å². The summed E-state index contributed by atoms with van der Waals surface area (Å²) in [6.07, 6.45) is 4.17. The molecule has 1 radical (unpaired) electrons. The molecule has 4 aromatic rings. The molecule has 0 saturated carbocycles. The largest absolute Gasteiger partial charge is 0.999 e. The molecule has 0 heterocycles. The normalized spacial score (nSPS) is 8.97. The van der Waals surface area contributed by atoms with Gasteiger partial charge in [0, 0.05) is 20.4 Å². The molecule has 0 unspecified atom stereocenters. The Hall–Kier alpha value is -2.01. The van der Waals surface area contributed by atoms with E-state index in [4.69, 9.17) is 10.2 Å². The summed E-state index contributed by atoms with van der Waals surface area (Å²) in [6.45, 7) is 0. The first kappa shape index (κ1) is 29.0. The average Bonchev–Trinajstić information content (AvgIpc) is 3.38. The van der Waals surface area contributed by atoms with E-state index >= 15 is 0 Å². The standard InChI is InChI=1S/C18H15P.C5H.C3H8S.NO.Re/c1-4-10-16(11-5-1)19(17-12-6-2-7-13-17)18-14-8-3-9-15-18;1-2-4-5-3-1;1-4(2)3;1-2;/h1-15H;1H;1H2,2-3H3;;/q;-5;;+1;/p+1. The average molecular weight is 617 g/mol. The maximum absolute atomic E-state index is 7.25. The molecule has 0 spiro atoms. The van der Waals surface area contributed by atoms with Crippen LogP contribution in [0.15, 0.2) is 97.1 Å². The van der Waals surface area contributed by atoms with Crippen LogP contribution in [0.5, 0.6) is 0 Å². The quantitative estimate of drug-likeness (QED) is 0.143. The van der Waals surface area contributed by atoms with Crippen molar-refractivity contribution in [3.05, 3.63) is 121 Å². The van der Waals surface area contributed by atoms with Gasteiger partial charge in [0.2, 0.25) is 0 Å². The predicted molar refractivity (Wildman–Crippen MR) is 133 cm³/mol. The van der Waals surface area contributed by atoms with Gasteiger partial charge in [-0.15, -0.1) is 0 Å². The van der Waals surface area contributed by atoms with E-state index in [1.165, 1.54) is 15.9 Å². The smallest absolute Gasteiger partial charge is 0.102 e. The van der Waals surface area contributed by atoms with Gasteiger partial charge in [-0.05, 0) is 48.9 Å². The second kappa shape index (κ2) is 18.7. The van der Waals surface area contributed by atoms with Crippen LogP contribution in [-0.4, -0.2) is 18.4 Å². The first-order valence-electron chi connectivity index (χ1n) is 9.10. The van der Waals surface area contributed by atoms with Gasteiger partial charge >= 0.3 is 10.2 Å². The van der Waals surface area contributed by atoms with Crippen LogP contribution >= 0.6 is 18.4 Å². The summed E-state index contributed by atoms with van der Waals surface area (Å²) in [5, 5.41) is 4.31. The van der Waals surface area contributed by atoms with Gasteiger partial charge in [0.15, 0.2) is 0 Å². The Balaban J connectivity index is 0.000000626. The van der Waals surface area contributed by atoms with Crippen LogP contribution < -0.4 is 15.9 Å². The summed E-state index contributed by atoms with van der Waals surface area (Å²) in [4.78, 5) is 0. The van der Waals surface area contributed by atoms with Gasteiger partial charge in [-0.2, -0.15) is 10.5 Å². The van der Waals surface area contributed by atoms with Gasteiger partial charge in [-0.25, -0.2) is 0 Å². The van der Waals surface area contributed by atoms with Gasteiger partial charge < -0.3 is 30.3 Å². The van der Waals surface area contributed by atoms with E-state index in [9.17, 15) is 0 Å². The van der Waals surface area contributed by atoms with Gasteiger partial charge in [-0.1, -0.05) is 60.5 Å². The fourth-order valence-corrected chi connectivity index (χ4v) is 5.07. The monoisotopic (exact) mass is 617 g/mol. The van der Waals surface area contributed by atoms with Crippen molar-refractivity contribution >= 4 is 40.2 Å². The molecule has 31 heavy (non-hydrogen) atoms. The molecular weight excluding hydrogens is 592 g/mol. The Morgan fingerprint density at radius 2 is 0.968 bits per heavy atom. The molecule has 0 amide bonds. The van der Waals surface area contributed by atoms with Crippen LogP contribution in [0.25, 0.3) is 0 Å². The Morgan fingerprint density at radius 3 is 1.16 bits per heavy atom. The topological polar surface area (TPSA) is 43.7 Å². The fourth-order valence-electron chi connectivity index (χ4n) is 2.49. The second-order valence-corrected chi connectivity index (χ2v) is 10.6. The van der Waals surface area contributed by atoms with Crippen molar-refractivity contribution < 1.29 is 25.2 Å². The molecule has 0 aliphatic carbocycles. The third-order valence-corrected chi connectivity index (χ3v) is 6.27. The van der Waals surface area contributed by atoms with Crippen LogP contribution in [0, 0.1) is 29.7 Å². The van der Waals surface area contributed by atoms with Gasteiger partial charge in [0.05, 0.1) is 7.92 Å². The SMILES string of the molecule is C=S(C)C.N#[O+].[Re].[c-]1[c-][c-][cH-][c-]1.c1ccc([PH+](c2ccccc2)c2ccccc2)cc1. The summed E-state index contributed by atoms with van der Waals surface area (Å²) in [7, 11) is -0.488. The van der Waals surface area contributed by atoms with Crippen molar-refractivity contribution in [3.8, 4) is 0 Å². The minimum atomic E-state index is -0.877. The molecule has 0 saturated heterocycles. The van der Waals surface area contributed by atoms with Crippen molar-refractivity contribution in [2.45, 2.75) is 0 Å². The Labute approximate surface area is 203 Å². The third kappa shape index (κ3) is 12.4. The molecule has 5 heteroatoms. The summed E-state index contributed by atoms with van der Waals surface area (Å²) in [6, 6.07) is 44.5. The first-order valence-corrected chi connectivity index (χ1v) is 12.8. The Morgan fingerprint density at radius 1 is 0.710 bits per heavy atom. The maximum atomic E-state index is 7.25. The van der Waals surface area contributed by atoms with Crippen LogP contribution in [0.1, 0.15) is 0 Å². The second-order valence-electron chi connectivity index (χ2n) is 6.14. The minimum Gasteiger partial charge on any atom is -0.999 e. The molecule has 0 fully saturated rings. The van der Waals surface area contributed by atoms with Crippen LogP contribution in [-0.2, 0) is 25.2 Å². The van der Waals surface area contributed by atoms with Gasteiger partial charge in [0.25, 0.3) is 0 Å². The number of rotatable bonds is 3. The van der Waals surface area contributed by atoms with Crippen LogP contribution in [0.2, 0.25) is 0 Å². The number of nitrogens with zero attached hydrogens (tertiary/aromatic N) is 1. The molecule has 4 rings (SSSR count). The third-order valence-electron chi connectivity index (χ3n) is 3.54. The number of hydrogen-bond donors (Lipinski definition) is 0. The van der Waals surface area contributed by atoms with Crippen molar-refractivity contribution in [1.82, 2.24) is 0 Å². The Kier molecular flexibility index (Phi) is 17.5. The van der Waals surface area contributed by atoms with Crippen molar-refractivity contribution in [1.29, 1.82) is 5.46 Å². The zero-order valence-electron chi connectivity index (χ0n) is 17.6. The minimum absolute atomic E-state index is 0. The molecule has 0 aromatic heterocycles. The van der Waals surface area contributed by atoms with Crippen molar-refractivity contribution in [2.75, 3.05) is 12.5 Å². The van der Waals surface area contributed by atoms with Crippen molar-refractivity contribution in [3.63, 3.8) is 0 Å². The Bertz CT molecular complexity index is 831. The molecule has 0 N–H and O–H groups in total. The van der Waals surface area contributed by atoms with Gasteiger partial charge in [-0.3, -0.25) is 0 Å². The van der Waals surface area contributed by atoms with Crippen molar-refractivity contribution in [2.24, 2.45) is 0 Å². The molecule has 0 atom stereocenters.